The second-order valence-electron chi connectivity index (χ2n) is 6.99. The standard InChI is InChI=1S/C19H24F3N5/c1-12-17(24)25-11-26-18(12)27-8-6-14(7-9-27)16(10-23)13-2-4-15(5-3-13)19(20,21)22/h2-5,11,14,16H,6-10,23H2,1H3,(H2,24,25,26). The van der Waals surface area contributed by atoms with Crippen molar-refractivity contribution in [2.75, 3.05) is 30.3 Å². The fraction of sp³-hybridized carbons (Fsp3) is 0.474. The van der Waals surface area contributed by atoms with Gasteiger partial charge in [-0.25, -0.2) is 9.97 Å². The Labute approximate surface area is 156 Å². The van der Waals surface area contributed by atoms with Gasteiger partial charge in [-0.3, -0.25) is 0 Å². The minimum atomic E-state index is -4.32. The number of benzene rings is 1. The van der Waals surface area contributed by atoms with Crippen LogP contribution in [0.3, 0.4) is 0 Å². The quantitative estimate of drug-likeness (QED) is 0.852. The van der Waals surface area contributed by atoms with E-state index in [0.29, 0.717) is 18.3 Å². The van der Waals surface area contributed by atoms with Crippen LogP contribution in [0.1, 0.15) is 35.4 Å². The molecule has 4 N–H and O–H groups in total. The summed E-state index contributed by atoms with van der Waals surface area (Å²) in [4.78, 5) is 10.5. The second-order valence-corrected chi connectivity index (χ2v) is 6.99. The van der Waals surface area contributed by atoms with Gasteiger partial charge in [0.2, 0.25) is 0 Å². The van der Waals surface area contributed by atoms with E-state index in [0.717, 1.165) is 55.0 Å². The van der Waals surface area contributed by atoms with Gasteiger partial charge in [0.25, 0.3) is 0 Å². The van der Waals surface area contributed by atoms with Gasteiger partial charge in [0.15, 0.2) is 0 Å². The maximum absolute atomic E-state index is 12.8. The van der Waals surface area contributed by atoms with E-state index in [1.165, 1.54) is 6.33 Å². The lowest BCUT2D eigenvalue weighted by molar-refractivity contribution is -0.137. The summed E-state index contributed by atoms with van der Waals surface area (Å²) in [7, 11) is 0. The van der Waals surface area contributed by atoms with E-state index in [9.17, 15) is 13.2 Å². The molecule has 3 rings (SSSR count). The van der Waals surface area contributed by atoms with Crippen LogP contribution in [0.5, 0.6) is 0 Å². The molecule has 0 bridgehead atoms. The van der Waals surface area contributed by atoms with E-state index in [1.54, 1.807) is 12.1 Å². The maximum Gasteiger partial charge on any atom is 0.416 e. The van der Waals surface area contributed by atoms with E-state index in [4.69, 9.17) is 11.5 Å². The zero-order chi connectivity index (χ0) is 19.6. The highest BCUT2D eigenvalue weighted by molar-refractivity contribution is 5.55. The highest BCUT2D eigenvalue weighted by atomic mass is 19.4. The van der Waals surface area contributed by atoms with Crippen LogP contribution >= 0.6 is 0 Å². The number of alkyl halides is 3. The molecule has 0 spiro atoms. The molecule has 0 amide bonds. The SMILES string of the molecule is Cc1c(N)ncnc1N1CCC(C(CN)c2ccc(C(F)(F)F)cc2)CC1. The number of piperidine rings is 1. The van der Waals surface area contributed by atoms with Crippen molar-refractivity contribution < 1.29 is 13.2 Å². The minimum absolute atomic E-state index is 0.0472. The Morgan fingerprint density at radius 1 is 1.15 bits per heavy atom. The number of hydrogen-bond donors (Lipinski definition) is 2. The summed E-state index contributed by atoms with van der Waals surface area (Å²) in [5.41, 5.74) is 13.0. The van der Waals surface area contributed by atoms with E-state index in [-0.39, 0.29) is 5.92 Å². The van der Waals surface area contributed by atoms with Gasteiger partial charge in [-0.2, -0.15) is 13.2 Å². The summed E-state index contributed by atoms with van der Waals surface area (Å²) in [6.45, 7) is 3.93. The summed E-state index contributed by atoms with van der Waals surface area (Å²) in [5, 5.41) is 0. The van der Waals surface area contributed by atoms with E-state index in [1.807, 2.05) is 6.92 Å². The number of nitrogen functional groups attached to an aromatic ring is 1. The molecule has 1 aromatic carbocycles. The van der Waals surface area contributed by atoms with Crippen molar-refractivity contribution in [2.24, 2.45) is 11.7 Å². The van der Waals surface area contributed by atoms with Crippen LogP contribution in [0.4, 0.5) is 24.8 Å². The first-order chi connectivity index (χ1) is 12.8. The Bertz CT molecular complexity index is 768. The van der Waals surface area contributed by atoms with Crippen molar-refractivity contribution >= 4 is 11.6 Å². The smallest absolute Gasteiger partial charge is 0.383 e. The third kappa shape index (κ3) is 4.16. The monoisotopic (exact) mass is 379 g/mol. The highest BCUT2D eigenvalue weighted by Crippen LogP contribution is 2.36. The zero-order valence-corrected chi connectivity index (χ0v) is 15.2. The van der Waals surface area contributed by atoms with Crippen LogP contribution in [0.15, 0.2) is 30.6 Å². The summed E-state index contributed by atoms with van der Waals surface area (Å²) < 4.78 is 38.3. The van der Waals surface area contributed by atoms with Gasteiger partial charge in [0.05, 0.1) is 5.56 Å². The number of rotatable bonds is 4. The fourth-order valence-electron chi connectivity index (χ4n) is 3.81. The number of nitrogens with two attached hydrogens (primary N) is 2. The Morgan fingerprint density at radius 2 is 1.78 bits per heavy atom. The predicted octanol–water partition coefficient (Wildman–Crippen LogP) is 3.34. The van der Waals surface area contributed by atoms with Crippen LogP contribution in [-0.4, -0.2) is 29.6 Å². The predicted molar refractivity (Wildman–Crippen MR) is 99.4 cm³/mol. The van der Waals surface area contributed by atoms with Crippen molar-refractivity contribution in [1.82, 2.24) is 9.97 Å². The van der Waals surface area contributed by atoms with Gasteiger partial charge >= 0.3 is 6.18 Å². The average Bonchev–Trinajstić information content (AvgIpc) is 2.65. The first-order valence-corrected chi connectivity index (χ1v) is 9.00. The highest BCUT2D eigenvalue weighted by Gasteiger charge is 2.32. The molecule has 1 unspecified atom stereocenters. The third-order valence-electron chi connectivity index (χ3n) is 5.42. The lowest BCUT2D eigenvalue weighted by atomic mass is 9.80. The van der Waals surface area contributed by atoms with Crippen molar-refractivity contribution in [3.05, 3.63) is 47.3 Å². The Hall–Kier alpha value is -2.35. The minimum Gasteiger partial charge on any atom is -0.383 e. The topological polar surface area (TPSA) is 81.1 Å². The van der Waals surface area contributed by atoms with Crippen molar-refractivity contribution in [3.8, 4) is 0 Å². The van der Waals surface area contributed by atoms with Gasteiger partial charge < -0.3 is 16.4 Å². The Balaban J connectivity index is 1.69. The molecule has 8 heteroatoms. The zero-order valence-electron chi connectivity index (χ0n) is 15.2. The molecule has 0 radical (unpaired) electrons. The fourth-order valence-corrected chi connectivity index (χ4v) is 3.81. The van der Waals surface area contributed by atoms with Gasteiger partial charge in [-0.15, -0.1) is 0 Å². The number of aromatic nitrogens is 2. The van der Waals surface area contributed by atoms with Crippen LogP contribution < -0.4 is 16.4 Å². The largest absolute Gasteiger partial charge is 0.416 e. The molecular weight excluding hydrogens is 355 g/mol. The summed E-state index contributed by atoms with van der Waals surface area (Å²) in [6, 6.07) is 5.39. The van der Waals surface area contributed by atoms with Crippen molar-refractivity contribution in [3.63, 3.8) is 0 Å². The lowest BCUT2D eigenvalue weighted by Gasteiger charge is -2.37. The molecular formula is C19H24F3N5. The molecule has 2 heterocycles. The second kappa shape index (κ2) is 7.72. The number of halogens is 3. The molecule has 0 saturated carbocycles. The first-order valence-electron chi connectivity index (χ1n) is 9.00. The van der Waals surface area contributed by atoms with Gasteiger partial charge in [0, 0.05) is 18.7 Å². The third-order valence-corrected chi connectivity index (χ3v) is 5.42. The van der Waals surface area contributed by atoms with Crippen LogP contribution in [0.2, 0.25) is 0 Å². The molecule has 146 valence electrons. The molecule has 1 aliphatic heterocycles. The van der Waals surface area contributed by atoms with Crippen molar-refractivity contribution in [1.29, 1.82) is 0 Å². The number of hydrogen-bond acceptors (Lipinski definition) is 5. The number of nitrogens with zero attached hydrogens (tertiary/aromatic N) is 3. The van der Waals surface area contributed by atoms with E-state index in [2.05, 4.69) is 14.9 Å². The Kier molecular flexibility index (Phi) is 5.55. The van der Waals surface area contributed by atoms with E-state index >= 15 is 0 Å². The molecule has 27 heavy (non-hydrogen) atoms. The number of anilines is 2. The summed E-state index contributed by atoms with van der Waals surface area (Å²) in [5.74, 6) is 1.69. The van der Waals surface area contributed by atoms with E-state index < -0.39 is 11.7 Å². The average molecular weight is 379 g/mol. The molecule has 2 aromatic rings. The first kappa shape index (κ1) is 19.4. The van der Waals surface area contributed by atoms with Gasteiger partial charge in [0.1, 0.15) is 18.0 Å². The molecule has 1 aromatic heterocycles. The molecule has 1 saturated heterocycles. The van der Waals surface area contributed by atoms with Crippen LogP contribution in [0, 0.1) is 12.8 Å². The molecule has 0 aliphatic carbocycles. The summed E-state index contributed by atoms with van der Waals surface area (Å²) >= 11 is 0. The lowest BCUT2D eigenvalue weighted by Crippen LogP contribution is -2.38. The molecule has 1 aliphatic rings. The summed E-state index contributed by atoms with van der Waals surface area (Å²) in [6.07, 6.45) is -1.06. The maximum atomic E-state index is 12.8. The Morgan fingerprint density at radius 3 is 2.33 bits per heavy atom. The molecule has 1 fully saturated rings. The van der Waals surface area contributed by atoms with Gasteiger partial charge in [-0.1, -0.05) is 12.1 Å². The van der Waals surface area contributed by atoms with Crippen LogP contribution in [-0.2, 0) is 6.18 Å². The normalized spacial score (nSPS) is 17.1. The van der Waals surface area contributed by atoms with Crippen LogP contribution in [0.25, 0.3) is 0 Å². The molecule has 1 atom stereocenters. The van der Waals surface area contributed by atoms with Crippen molar-refractivity contribution in [2.45, 2.75) is 31.9 Å². The molecule has 5 nitrogen and oxygen atoms in total. The van der Waals surface area contributed by atoms with Gasteiger partial charge in [-0.05, 0) is 55.8 Å².